The molecule has 0 bridgehead atoms. The smallest absolute Gasteiger partial charge is 0.462 e. The minimum atomic E-state index is -4.39. The molecule has 0 aromatic rings. The molecule has 0 amide bonds. The van der Waals surface area contributed by atoms with Crippen molar-refractivity contribution in [3.8, 4) is 0 Å². The minimum Gasteiger partial charge on any atom is -0.462 e. The van der Waals surface area contributed by atoms with Crippen LogP contribution < -0.4 is 5.73 Å². The number of phosphoric ester groups is 1. The molecule has 0 radical (unpaired) electrons. The van der Waals surface area contributed by atoms with Gasteiger partial charge >= 0.3 is 19.8 Å². The van der Waals surface area contributed by atoms with Crippen molar-refractivity contribution >= 4 is 19.8 Å². The van der Waals surface area contributed by atoms with E-state index in [9.17, 15) is 19.0 Å². The summed E-state index contributed by atoms with van der Waals surface area (Å²) in [4.78, 5) is 35.2. The summed E-state index contributed by atoms with van der Waals surface area (Å²) in [7, 11) is -4.39. The zero-order chi connectivity index (χ0) is 56.6. The number of phosphoric acid groups is 1. The first-order chi connectivity index (χ1) is 38.3. The number of hydrogen-bond donors (Lipinski definition) is 2. The molecule has 0 aliphatic carbocycles. The third-order valence-electron chi connectivity index (χ3n) is 13.4. The van der Waals surface area contributed by atoms with Gasteiger partial charge in [0.05, 0.1) is 13.2 Å². The van der Waals surface area contributed by atoms with Gasteiger partial charge in [-0.25, -0.2) is 4.57 Å². The van der Waals surface area contributed by atoms with E-state index in [1.807, 2.05) is 0 Å². The Hall–Kier alpha value is -3.33. The zero-order valence-electron chi connectivity index (χ0n) is 50.1. The van der Waals surface area contributed by atoms with Crippen molar-refractivity contribution in [2.75, 3.05) is 26.4 Å². The Bertz CT molecular complexity index is 1640. The Morgan fingerprint density at radius 1 is 0.397 bits per heavy atom. The van der Waals surface area contributed by atoms with Gasteiger partial charge in [-0.3, -0.25) is 18.6 Å². The lowest BCUT2D eigenvalue weighted by molar-refractivity contribution is -0.161. The van der Waals surface area contributed by atoms with E-state index in [0.717, 1.165) is 96.3 Å². The second-order valence-corrected chi connectivity index (χ2v) is 22.4. The summed E-state index contributed by atoms with van der Waals surface area (Å²) in [5.41, 5.74) is 5.38. The SMILES string of the molecule is CC/C=C\C/C=C\C/C=C\C/C=C\C/C=C\C/C=C\C/C=C\C/C=C\C/C=C\CCCCCCCCCCCCCCCC(=O)OC(COC(=O)CCCCCCCCCCCCCCCCCC)COP(=O)(O)OCCN. The molecule has 9 nitrogen and oxygen atoms in total. The summed E-state index contributed by atoms with van der Waals surface area (Å²) in [5, 5.41) is 0. The fraction of sp³-hybridized carbons (Fsp3) is 0.706. The Balaban J connectivity index is 3.89. The average molecular weight is 1110 g/mol. The van der Waals surface area contributed by atoms with Crippen LogP contribution in [0.15, 0.2) is 109 Å². The van der Waals surface area contributed by atoms with Gasteiger partial charge in [-0.2, -0.15) is 0 Å². The lowest BCUT2D eigenvalue weighted by Crippen LogP contribution is -2.29. The molecule has 0 aromatic heterocycles. The maximum atomic E-state index is 12.7. The first-order valence-electron chi connectivity index (χ1n) is 31.9. The van der Waals surface area contributed by atoms with Crippen LogP contribution in [0.4, 0.5) is 0 Å². The lowest BCUT2D eigenvalue weighted by atomic mass is 10.0. The summed E-state index contributed by atoms with van der Waals surface area (Å²) in [6, 6.07) is 0. The number of unbranched alkanes of at least 4 members (excludes halogenated alkanes) is 28. The van der Waals surface area contributed by atoms with Crippen molar-refractivity contribution in [1.29, 1.82) is 0 Å². The number of nitrogens with two attached hydrogens (primary N) is 1. The quantitative estimate of drug-likeness (QED) is 0.0264. The number of hydrogen-bond acceptors (Lipinski definition) is 8. The van der Waals surface area contributed by atoms with Gasteiger partial charge in [-0.1, -0.05) is 290 Å². The molecule has 78 heavy (non-hydrogen) atoms. The summed E-state index contributed by atoms with van der Waals surface area (Å²) >= 11 is 0. The van der Waals surface area contributed by atoms with E-state index in [0.29, 0.717) is 6.42 Å². The first-order valence-corrected chi connectivity index (χ1v) is 33.4. The zero-order valence-corrected chi connectivity index (χ0v) is 51.0. The molecule has 2 unspecified atom stereocenters. The molecule has 0 aliphatic heterocycles. The number of rotatable bonds is 59. The molecule has 0 aliphatic rings. The van der Waals surface area contributed by atoms with Crippen molar-refractivity contribution < 1.29 is 37.6 Å². The van der Waals surface area contributed by atoms with Gasteiger partial charge in [0.1, 0.15) is 6.61 Å². The van der Waals surface area contributed by atoms with E-state index >= 15 is 0 Å². The average Bonchev–Trinajstić information content (AvgIpc) is 3.43. The van der Waals surface area contributed by atoms with E-state index in [1.165, 1.54) is 148 Å². The number of esters is 2. The minimum absolute atomic E-state index is 0.0513. The van der Waals surface area contributed by atoms with E-state index in [4.69, 9.17) is 24.3 Å². The van der Waals surface area contributed by atoms with E-state index in [2.05, 4.69) is 123 Å². The van der Waals surface area contributed by atoms with Crippen LogP contribution in [0.1, 0.15) is 277 Å². The van der Waals surface area contributed by atoms with Gasteiger partial charge in [0, 0.05) is 19.4 Å². The molecule has 0 fully saturated rings. The topological polar surface area (TPSA) is 134 Å². The van der Waals surface area contributed by atoms with Crippen molar-refractivity contribution in [3.05, 3.63) is 109 Å². The molecule has 3 N–H and O–H groups in total. The van der Waals surface area contributed by atoms with E-state index in [-0.39, 0.29) is 38.6 Å². The van der Waals surface area contributed by atoms with E-state index < -0.39 is 26.5 Å². The highest BCUT2D eigenvalue weighted by Gasteiger charge is 2.26. The van der Waals surface area contributed by atoms with Crippen LogP contribution in [0.5, 0.6) is 0 Å². The summed E-state index contributed by atoms with van der Waals surface area (Å²) in [6.45, 7) is 3.65. The van der Waals surface area contributed by atoms with Crippen molar-refractivity contribution in [3.63, 3.8) is 0 Å². The Morgan fingerprint density at radius 2 is 0.705 bits per heavy atom. The second-order valence-electron chi connectivity index (χ2n) is 20.9. The number of carbonyl (C=O) groups excluding carboxylic acids is 2. The van der Waals surface area contributed by atoms with Gasteiger partial charge in [-0.05, 0) is 83.5 Å². The number of allylic oxidation sites excluding steroid dienone is 18. The van der Waals surface area contributed by atoms with Crippen molar-refractivity contribution in [2.24, 2.45) is 5.73 Å². The van der Waals surface area contributed by atoms with Crippen molar-refractivity contribution in [1.82, 2.24) is 0 Å². The predicted molar refractivity (Wildman–Crippen MR) is 335 cm³/mol. The summed E-state index contributed by atoms with van der Waals surface area (Å²) < 4.78 is 33.1. The van der Waals surface area contributed by atoms with E-state index in [1.54, 1.807) is 0 Å². The molecule has 0 saturated carbocycles. The third kappa shape index (κ3) is 61.9. The van der Waals surface area contributed by atoms with Crippen LogP contribution in [0.25, 0.3) is 0 Å². The summed E-state index contributed by atoms with van der Waals surface area (Å²) in [5.74, 6) is -0.823. The van der Waals surface area contributed by atoms with Crippen LogP contribution in [0, 0.1) is 0 Å². The standard InChI is InChI=1S/C68H118NO8P/c1-3-5-7-9-11-13-15-17-19-21-22-23-24-25-26-27-28-29-30-31-32-33-34-35-36-37-38-39-40-41-42-43-44-45-47-49-51-53-55-57-59-61-68(71)77-66(65-76-78(72,73)75-63-62-69)64-74-67(70)60-58-56-54-52-50-48-46-20-18-16-14-12-10-8-6-4-2/h5,7,11,13,17,19,22-23,25-26,28-29,31-32,34-35,37-38,66H,3-4,6,8-10,12,14-16,18,20-21,24,27,30,33,36,39-65,69H2,1-2H3,(H,72,73)/b7-5-,13-11-,19-17-,23-22-,26-25-,29-28-,32-31-,35-34-,38-37-. The molecule has 0 heterocycles. The molecule has 2 atom stereocenters. The van der Waals surface area contributed by atoms with Gasteiger partial charge in [-0.15, -0.1) is 0 Å². The maximum Gasteiger partial charge on any atom is 0.472 e. The predicted octanol–water partition coefficient (Wildman–Crippen LogP) is 20.6. The van der Waals surface area contributed by atoms with Crippen molar-refractivity contribution in [2.45, 2.75) is 283 Å². The highest BCUT2D eigenvalue weighted by Crippen LogP contribution is 2.43. The molecular formula is C68H118NO8P. The second kappa shape index (κ2) is 62.9. The highest BCUT2D eigenvalue weighted by atomic mass is 31.2. The number of ether oxygens (including phenoxy) is 2. The Morgan fingerprint density at radius 3 is 1.05 bits per heavy atom. The summed E-state index contributed by atoms with van der Waals surface area (Å²) in [6.07, 6.45) is 85.9. The Kier molecular flexibility index (Phi) is 60.2. The molecule has 0 spiro atoms. The van der Waals surface area contributed by atoms with Gasteiger partial charge in [0.25, 0.3) is 0 Å². The third-order valence-corrected chi connectivity index (χ3v) is 14.4. The largest absolute Gasteiger partial charge is 0.472 e. The van der Waals surface area contributed by atoms with Gasteiger partial charge in [0.15, 0.2) is 6.10 Å². The molecule has 0 rings (SSSR count). The molecule has 0 saturated heterocycles. The Labute approximate surface area is 479 Å². The van der Waals surface area contributed by atoms with Crippen LogP contribution in [-0.4, -0.2) is 49.3 Å². The normalized spacial score (nSPS) is 13.7. The molecule has 10 heteroatoms. The van der Waals surface area contributed by atoms with Gasteiger partial charge < -0.3 is 20.1 Å². The fourth-order valence-electron chi connectivity index (χ4n) is 8.75. The maximum absolute atomic E-state index is 12.7. The van der Waals surface area contributed by atoms with Crippen LogP contribution in [0.2, 0.25) is 0 Å². The molecule has 448 valence electrons. The van der Waals surface area contributed by atoms with Crippen LogP contribution in [-0.2, 0) is 32.7 Å². The first kappa shape index (κ1) is 74.7. The highest BCUT2D eigenvalue weighted by molar-refractivity contribution is 7.47. The monoisotopic (exact) mass is 1110 g/mol. The van der Waals surface area contributed by atoms with Gasteiger partial charge in [0.2, 0.25) is 0 Å². The van der Waals surface area contributed by atoms with Crippen LogP contribution in [0.3, 0.4) is 0 Å². The lowest BCUT2D eigenvalue weighted by Gasteiger charge is -2.19. The molecular weight excluding hydrogens is 990 g/mol. The number of carbonyl (C=O) groups is 2. The fourth-order valence-corrected chi connectivity index (χ4v) is 9.51. The van der Waals surface area contributed by atoms with Crippen LogP contribution >= 0.6 is 7.82 Å². The molecule has 0 aromatic carbocycles.